The molecule has 30 heavy (non-hydrogen) atoms. The van der Waals surface area contributed by atoms with Gasteiger partial charge in [-0.15, -0.1) is 0 Å². The lowest BCUT2D eigenvalue weighted by atomic mass is 9.95. The summed E-state index contributed by atoms with van der Waals surface area (Å²) in [5.74, 6) is 0.296. The molecule has 0 bridgehead atoms. The SMILES string of the molecule is CCc1ccc(CNC(=O)C2CCN(Cc3cn(C)c4ccc(Cl)cc34)CC2)cc1. The molecule has 0 aliphatic carbocycles. The highest BCUT2D eigenvalue weighted by Crippen LogP contribution is 2.27. The summed E-state index contributed by atoms with van der Waals surface area (Å²) in [4.78, 5) is 15.1. The van der Waals surface area contributed by atoms with Crippen molar-refractivity contribution in [1.82, 2.24) is 14.8 Å². The Kier molecular flexibility index (Phi) is 6.45. The maximum Gasteiger partial charge on any atom is 0.223 e. The molecule has 0 saturated carbocycles. The summed E-state index contributed by atoms with van der Waals surface area (Å²) in [6.07, 6.45) is 5.05. The second-order valence-electron chi connectivity index (χ2n) is 8.36. The van der Waals surface area contributed by atoms with Gasteiger partial charge < -0.3 is 9.88 Å². The summed E-state index contributed by atoms with van der Waals surface area (Å²) >= 11 is 6.22. The first kappa shape index (κ1) is 21.0. The molecule has 1 fully saturated rings. The number of hydrogen-bond acceptors (Lipinski definition) is 2. The molecule has 0 spiro atoms. The third-order valence-corrected chi connectivity index (χ3v) is 6.52. The van der Waals surface area contributed by atoms with Crippen molar-refractivity contribution in [3.63, 3.8) is 0 Å². The Bertz CT molecular complexity index is 1020. The van der Waals surface area contributed by atoms with Crippen LogP contribution < -0.4 is 5.32 Å². The summed E-state index contributed by atoms with van der Waals surface area (Å²) in [6.45, 7) is 5.55. The van der Waals surface area contributed by atoms with Crippen LogP contribution in [0.25, 0.3) is 10.9 Å². The number of aryl methyl sites for hydroxylation is 2. The molecule has 1 saturated heterocycles. The zero-order valence-corrected chi connectivity index (χ0v) is 18.6. The van der Waals surface area contributed by atoms with Gasteiger partial charge in [0.05, 0.1) is 0 Å². The Morgan fingerprint density at radius 1 is 1.10 bits per heavy atom. The minimum absolute atomic E-state index is 0.109. The number of benzene rings is 2. The van der Waals surface area contributed by atoms with E-state index in [4.69, 9.17) is 11.6 Å². The van der Waals surface area contributed by atoms with Gasteiger partial charge in [0.25, 0.3) is 0 Å². The van der Waals surface area contributed by atoms with Crippen molar-refractivity contribution in [2.24, 2.45) is 13.0 Å². The van der Waals surface area contributed by atoms with Crippen molar-refractivity contribution in [3.05, 3.63) is 70.4 Å². The average Bonchev–Trinajstić information content (AvgIpc) is 3.07. The minimum Gasteiger partial charge on any atom is -0.352 e. The summed E-state index contributed by atoms with van der Waals surface area (Å²) in [6, 6.07) is 14.6. The largest absolute Gasteiger partial charge is 0.352 e. The third kappa shape index (κ3) is 4.71. The van der Waals surface area contributed by atoms with Gasteiger partial charge in [-0.05, 0) is 67.2 Å². The number of fused-ring (bicyclic) bond motifs is 1. The fourth-order valence-corrected chi connectivity index (χ4v) is 4.56. The Morgan fingerprint density at radius 2 is 1.80 bits per heavy atom. The first-order valence-electron chi connectivity index (χ1n) is 10.8. The molecule has 158 valence electrons. The first-order chi connectivity index (χ1) is 14.5. The van der Waals surface area contributed by atoms with Gasteiger partial charge >= 0.3 is 0 Å². The van der Waals surface area contributed by atoms with E-state index in [1.165, 1.54) is 22.0 Å². The Hall–Kier alpha value is -2.30. The standard InChI is InChI=1S/C25H30ClN3O/c1-3-18-4-6-19(7-5-18)15-27-25(30)20-10-12-29(13-11-20)17-21-16-28(2)24-9-8-22(26)14-23(21)24/h4-9,14,16,20H,3,10-13,15,17H2,1-2H3,(H,27,30). The third-order valence-electron chi connectivity index (χ3n) is 6.28. The summed E-state index contributed by atoms with van der Waals surface area (Å²) < 4.78 is 2.16. The maximum atomic E-state index is 12.6. The zero-order chi connectivity index (χ0) is 21.1. The van der Waals surface area contributed by atoms with Crippen LogP contribution in [0, 0.1) is 5.92 Å². The maximum absolute atomic E-state index is 12.6. The quantitative estimate of drug-likeness (QED) is 0.610. The monoisotopic (exact) mass is 423 g/mol. The minimum atomic E-state index is 0.109. The van der Waals surface area contributed by atoms with E-state index >= 15 is 0 Å². The number of aromatic nitrogens is 1. The van der Waals surface area contributed by atoms with E-state index in [0.717, 1.165) is 49.5 Å². The highest BCUT2D eigenvalue weighted by molar-refractivity contribution is 6.31. The zero-order valence-electron chi connectivity index (χ0n) is 17.8. The molecule has 4 nitrogen and oxygen atoms in total. The predicted molar refractivity (Wildman–Crippen MR) is 124 cm³/mol. The normalized spacial score (nSPS) is 15.6. The second-order valence-corrected chi connectivity index (χ2v) is 8.80. The molecule has 4 rings (SSSR count). The number of amides is 1. The lowest BCUT2D eigenvalue weighted by Gasteiger charge is -2.31. The van der Waals surface area contributed by atoms with Gasteiger partial charge in [0.2, 0.25) is 5.91 Å². The van der Waals surface area contributed by atoms with Crippen LogP contribution in [0.1, 0.15) is 36.5 Å². The van der Waals surface area contributed by atoms with E-state index in [-0.39, 0.29) is 11.8 Å². The number of likely N-dealkylation sites (tertiary alicyclic amines) is 1. The number of piperidine rings is 1. The van der Waals surface area contributed by atoms with E-state index in [2.05, 4.69) is 71.4 Å². The van der Waals surface area contributed by atoms with Gasteiger partial charge in [-0.25, -0.2) is 0 Å². The lowest BCUT2D eigenvalue weighted by Crippen LogP contribution is -2.40. The average molecular weight is 424 g/mol. The molecule has 2 aromatic carbocycles. The highest BCUT2D eigenvalue weighted by atomic mass is 35.5. The van der Waals surface area contributed by atoms with E-state index in [1.807, 2.05) is 6.07 Å². The molecule has 1 N–H and O–H groups in total. The number of nitrogens with zero attached hydrogens (tertiary/aromatic N) is 2. The molecule has 5 heteroatoms. The fraction of sp³-hybridized carbons (Fsp3) is 0.400. The number of halogens is 1. The molecule has 1 aliphatic rings. The molecular formula is C25H30ClN3O. The second kappa shape index (κ2) is 9.23. The fourth-order valence-electron chi connectivity index (χ4n) is 4.39. The van der Waals surface area contributed by atoms with Crippen molar-refractivity contribution >= 4 is 28.4 Å². The molecule has 1 aromatic heterocycles. The van der Waals surface area contributed by atoms with Gasteiger partial charge in [-0.1, -0.05) is 42.8 Å². The van der Waals surface area contributed by atoms with E-state index in [9.17, 15) is 4.79 Å². The number of hydrogen-bond donors (Lipinski definition) is 1. The number of rotatable bonds is 6. The van der Waals surface area contributed by atoms with Gasteiger partial charge in [-0.3, -0.25) is 9.69 Å². The molecule has 0 unspecified atom stereocenters. The lowest BCUT2D eigenvalue weighted by molar-refractivity contribution is -0.126. The summed E-state index contributed by atoms with van der Waals surface area (Å²) in [7, 11) is 2.08. The van der Waals surface area contributed by atoms with Gasteiger partial charge in [0.1, 0.15) is 0 Å². The van der Waals surface area contributed by atoms with Gasteiger partial charge in [-0.2, -0.15) is 0 Å². The topological polar surface area (TPSA) is 37.3 Å². The van der Waals surface area contributed by atoms with Crippen molar-refractivity contribution in [2.75, 3.05) is 13.1 Å². The van der Waals surface area contributed by atoms with Crippen molar-refractivity contribution in [3.8, 4) is 0 Å². The van der Waals surface area contributed by atoms with Crippen molar-refractivity contribution in [2.45, 2.75) is 39.3 Å². The van der Waals surface area contributed by atoms with Crippen LogP contribution >= 0.6 is 11.6 Å². The molecule has 0 radical (unpaired) electrons. The van der Waals surface area contributed by atoms with Crippen LogP contribution in [0.2, 0.25) is 5.02 Å². The van der Waals surface area contributed by atoms with Crippen LogP contribution in [0.5, 0.6) is 0 Å². The van der Waals surface area contributed by atoms with E-state index in [0.29, 0.717) is 6.54 Å². The van der Waals surface area contributed by atoms with Crippen LogP contribution in [-0.2, 0) is 31.4 Å². The molecule has 1 amide bonds. The summed E-state index contributed by atoms with van der Waals surface area (Å²) in [5, 5.41) is 5.12. The first-order valence-corrected chi connectivity index (χ1v) is 11.2. The molecule has 1 aliphatic heterocycles. The highest BCUT2D eigenvalue weighted by Gasteiger charge is 2.25. The van der Waals surface area contributed by atoms with Crippen molar-refractivity contribution < 1.29 is 4.79 Å². The molecule has 3 aromatic rings. The Labute approximate surface area is 183 Å². The van der Waals surface area contributed by atoms with E-state index in [1.54, 1.807) is 0 Å². The van der Waals surface area contributed by atoms with E-state index < -0.39 is 0 Å². The predicted octanol–water partition coefficient (Wildman–Crippen LogP) is 4.92. The van der Waals surface area contributed by atoms with Gasteiger partial charge in [0, 0.05) is 48.2 Å². The van der Waals surface area contributed by atoms with Crippen LogP contribution in [0.4, 0.5) is 0 Å². The van der Waals surface area contributed by atoms with Crippen LogP contribution in [0.15, 0.2) is 48.7 Å². The molecule has 2 heterocycles. The van der Waals surface area contributed by atoms with Crippen molar-refractivity contribution in [1.29, 1.82) is 0 Å². The number of nitrogens with one attached hydrogen (secondary N) is 1. The summed E-state index contributed by atoms with van der Waals surface area (Å²) in [5.41, 5.74) is 4.99. The Balaban J connectivity index is 1.29. The molecular weight excluding hydrogens is 394 g/mol. The van der Waals surface area contributed by atoms with Gasteiger partial charge in [0.15, 0.2) is 0 Å². The smallest absolute Gasteiger partial charge is 0.223 e. The Morgan fingerprint density at radius 3 is 2.50 bits per heavy atom. The van der Waals surface area contributed by atoms with Crippen LogP contribution in [-0.4, -0.2) is 28.5 Å². The number of carbonyl (C=O) groups is 1. The molecule has 0 atom stereocenters. The van der Waals surface area contributed by atoms with Crippen LogP contribution in [0.3, 0.4) is 0 Å². The number of carbonyl (C=O) groups excluding carboxylic acids is 1.